The van der Waals surface area contributed by atoms with Gasteiger partial charge in [0.25, 0.3) is 16.7 Å². The second-order valence-corrected chi connectivity index (χ2v) is 22.3. The topological polar surface area (TPSA) is 174 Å². The first-order valence-electron chi connectivity index (χ1n) is 30.1. The number of nitrogens with zero attached hydrogens (tertiary/aromatic N) is 10. The zero-order valence-corrected chi connectivity index (χ0v) is 52.3. The molecule has 0 unspecified atom stereocenters. The number of anilines is 4. The van der Waals surface area contributed by atoms with E-state index in [9.17, 15) is 53.9 Å². The number of ether oxygens (including phenoxy) is 3. The minimum Gasteiger partial charge on any atom is -0.406 e. The second-order valence-electron chi connectivity index (χ2n) is 22.3. The number of pyridine rings is 3. The Kier molecular flexibility index (Phi) is 19.9. The molecule has 27 heteroatoms. The Balaban J connectivity index is 0.000000149. The number of aromatic nitrogens is 9. The van der Waals surface area contributed by atoms with Crippen molar-refractivity contribution in [1.29, 1.82) is 0 Å². The molecule has 13 rings (SSSR count). The number of alkyl halides is 9. The van der Waals surface area contributed by atoms with Crippen molar-refractivity contribution in [2.45, 2.75) is 38.5 Å². The van der Waals surface area contributed by atoms with Crippen LogP contribution in [-0.4, -0.2) is 75.2 Å². The summed E-state index contributed by atoms with van der Waals surface area (Å²) in [5.41, 5.74) is 11.4. The van der Waals surface area contributed by atoms with Gasteiger partial charge in [-0.15, -0.1) is 39.5 Å². The fourth-order valence-corrected chi connectivity index (χ4v) is 10.9. The van der Waals surface area contributed by atoms with Crippen LogP contribution in [0.15, 0.2) is 246 Å². The van der Waals surface area contributed by atoms with Gasteiger partial charge in [-0.1, -0.05) is 72.8 Å². The molecule has 6 aromatic carbocycles. The number of benzene rings is 6. The number of halogens is 9. The Hall–Kier alpha value is -12.0. The van der Waals surface area contributed by atoms with Crippen LogP contribution in [0.25, 0.3) is 50.4 Å². The number of nitrogens with one attached hydrogen (secondary N) is 2. The molecule has 502 valence electrons. The van der Waals surface area contributed by atoms with E-state index in [-0.39, 0.29) is 33.9 Å². The van der Waals surface area contributed by atoms with E-state index in [1.165, 1.54) is 103 Å². The van der Waals surface area contributed by atoms with E-state index >= 15 is 0 Å². The van der Waals surface area contributed by atoms with Crippen molar-refractivity contribution in [1.82, 2.24) is 43.0 Å². The van der Waals surface area contributed by atoms with Gasteiger partial charge in [0.2, 0.25) is 0 Å². The summed E-state index contributed by atoms with van der Waals surface area (Å²) in [6.07, 6.45) is 2.89. The molecule has 6 aromatic heterocycles. The standard InChI is InChI=1S/C25H21F3N4O2.C24H21F3N4O2.C22H17F3N4O2/c1-30-14-19(13-29-30)22-16-32(20-6-8-21(9-7-20)34-25(26,27)28)24(33)12-23(22)31-11-10-17-4-2-3-5-18(17)15-31;1-30-15-18(14-29-30)21-16-31(19-7-9-20(10-8-19)33-24(25,26)27)23(32)13-22(21)28-12-11-17-5-3-2-4-6-17;1-28-13-15(12-26-28)19-14-29(17-7-9-18(10-8-17)31-22(23,24)25)21(30)11-20(19)27-16-5-3-2-4-6-16/h2-9,12-14,16H,10-11,15H2,1H3;2-10,13-16,28H,11-12H2,1H3;2-14,27H,1H3. The van der Waals surface area contributed by atoms with Crippen LogP contribution in [0.4, 0.5) is 62.3 Å². The molecule has 0 saturated heterocycles. The minimum absolute atomic E-state index is 0.286. The molecule has 0 fully saturated rings. The van der Waals surface area contributed by atoms with Crippen LogP contribution in [0.2, 0.25) is 0 Å². The molecule has 0 bridgehead atoms. The zero-order valence-electron chi connectivity index (χ0n) is 52.3. The van der Waals surface area contributed by atoms with Gasteiger partial charge in [0.05, 0.1) is 30.0 Å². The third-order valence-corrected chi connectivity index (χ3v) is 15.3. The minimum atomic E-state index is -4.78. The maximum atomic E-state index is 13.1. The predicted molar refractivity (Wildman–Crippen MR) is 352 cm³/mol. The van der Waals surface area contributed by atoms with Crippen molar-refractivity contribution < 1.29 is 53.7 Å². The highest BCUT2D eigenvalue weighted by atomic mass is 19.4. The van der Waals surface area contributed by atoms with Crippen molar-refractivity contribution in [2.75, 3.05) is 28.6 Å². The molecule has 0 amide bonds. The van der Waals surface area contributed by atoms with E-state index in [1.54, 1.807) is 77.6 Å². The summed E-state index contributed by atoms with van der Waals surface area (Å²) in [6.45, 7) is 2.05. The lowest BCUT2D eigenvalue weighted by molar-refractivity contribution is -0.275. The monoisotopic (exact) mass is 1350 g/mol. The summed E-state index contributed by atoms with van der Waals surface area (Å²) < 4.78 is 133. The number of hydrogen-bond donors (Lipinski definition) is 2. The van der Waals surface area contributed by atoms with Crippen LogP contribution in [0.3, 0.4) is 0 Å². The van der Waals surface area contributed by atoms with Gasteiger partial charge in [-0.3, -0.25) is 42.1 Å². The molecule has 7 heterocycles. The van der Waals surface area contributed by atoms with Gasteiger partial charge in [0.1, 0.15) is 17.2 Å². The number of fused-ring (bicyclic) bond motifs is 1. The van der Waals surface area contributed by atoms with Crippen LogP contribution < -0.4 is 46.4 Å². The van der Waals surface area contributed by atoms with E-state index in [0.717, 1.165) is 70.7 Å². The molecule has 12 aromatic rings. The maximum absolute atomic E-state index is 13.1. The van der Waals surface area contributed by atoms with Crippen molar-refractivity contribution in [2.24, 2.45) is 21.1 Å². The van der Waals surface area contributed by atoms with E-state index in [0.29, 0.717) is 47.1 Å². The zero-order chi connectivity index (χ0) is 69.3. The van der Waals surface area contributed by atoms with Crippen LogP contribution >= 0.6 is 0 Å². The third-order valence-electron chi connectivity index (χ3n) is 15.3. The Morgan fingerprint density at radius 1 is 0.439 bits per heavy atom. The van der Waals surface area contributed by atoms with Crippen molar-refractivity contribution in [3.05, 3.63) is 279 Å². The van der Waals surface area contributed by atoms with Crippen LogP contribution in [0.1, 0.15) is 16.7 Å². The van der Waals surface area contributed by atoms with E-state index in [4.69, 9.17) is 0 Å². The van der Waals surface area contributed by atoms with Gasteiger partial charge in [-0.05, 0) is 114 Å². The average molecular weight is 1350 g/mol. The van der Waals surface area contributed by atoms with Crippen LogP contribution in [0.5, 0.6) is 17.2 Å². The fourth-order valence-electron chi connectivity index (χ4n) is 10.9. The van der Waals surface area contributed by atoms with Crippen LogP contribution in [0, 0.1) is 0 Å². The molecule has 1 aliphatic heterocycles. The summed E-state index contributed by atoms with van der Waals surface area (Å²) in [5.74, 6) is -1.06. The molecule has 0 spiro atoms. The molecule has 18 nitrogen and oxygen atoms in total. The first-order valence-corrected chi connectivity index (χ1v) is 30.1. The Labute approximate surface area is 552 Å². The highest BCUT2D eigenvalue weighted by molar-refractivity contribution is 5.81. The third kappa shape index (κ3) is 17.5. The van der Waals surface area contributed by atoms with Gasteiger partial charge in [-0.25, -0.2) is 0 Å². The average Bonchev–Trinajstić information content (AvgIpc) is 1.20. The van der Waals surface area contributed by atoms with E-state index in [1.807, 2.05) is 92.2 Å². The summed E-state index contributed by atoms with van der Waals surface area (Å²) in [6, 6.07) is 47.6. The van der Waals surface area contributed by atoms with Gasteiger partial charge < -0.3 is 29.7 Å². The summed E-state index contributed by atoms with van der Waals surface area (Å²) in [7, 11) is 5.39. The smallest absolute Gasteiger partial charge is 0.406 e. The lowest BCUT2D eigenvalue weighted by Gasteiger charge is -2.32. The number of para-hydroxylation sites is 1. The molecule has 98 heavy (non-hydrogen) atoms. The Bertz CT molecular complexity index is 4890. The molecule has 1 aliphatic rings. The number of rotatable bonds is 16. The molecular weight excluding hydrogens is 1290 g/mol. The summed E-state index contributed by atoms with van der Waals surface area (Å²) in [5, 5.41) is 19.2. The highest BCUT2D eigenvalue weighted by Crippen LogP contribution is 2.36. The first kappa shape index (κ1) is 67.4. The number of aryl methyl sites for hydroxylation is 3. The lowest BCUT2D eigenvalue weighted by atomic mass is 9.98. The number of hydrogen-bond acceptors (Lipinski definition) is 12. The molecule has 2 N–H and O–H groups in total. The van der Waals surface area contributed by atoms with Crippen molar-refractivity contribution >= 4 is 22.7 Å². The molecule has 0 atom stereocenters. The summed E-state index contributed by atoms with van der Waals surface area (Å²) in [4.78, 5) is 41.0. The fraction of sp³-hybridized carbons (Fsp3) is 0.155. The Morgan fingerprint density at radius 2 is 0.827 bits per heavy atom. The van der Waals surface area contributed by atoms with Gasteiger partial charge in [-0.2, -0.15) is 15.3 Å². The van der Waals surface area contributed by atoms with Crippen molar-refractivity contribution in [3.63, 3.8) is 0 Å². The first-order chi connectivity index (χ1) is 46.8. The SMILES string of the molecule is Cn1cc(-c2cn(-c3ccc(OC(F)(F)F)cc3)c(=O)cc2N2CCc3ccccc3C2)cn1.Cn1cc(-c2cn(-c3ccc(OC(F)(F)F)cc3)c(=O)cc2NCCc2ccccc2)cn1.Cn1cc(-c2cn(-c3ccc(OC(F)(F)F)cc3)c(=O)cc2Nc2ccccc2)cn1. The second kappa shape index (κ2) is 28.9. The van der Waals surface area contributed by atoms with Gasteiger partial charge >= 0.3 is 19.1 Å². The molecule has 0 radical (unpaired) electrons. The normalized spacial score (nSPS) is 12.1. The predicted octanol–water partition coefficient (Wildman–Crippen LogP) is 14.4. The van der Waals surface area contributed by atoms with Gasteiger partial charge in [0, 0.05) is 158 Å². The van der Waals surface area contributed by atoms with Crippen LogP contribution in [-0.2, 0) is 40.5 Å². The van der Waals surface area contributed by atoms with Crippen molar-refractivity contribution in [3.8, 4) is 67.7 Å². The highest BCUT2D eigenvalue weighted by Gasteiger charge is 2.33. The molecular formula is C71H59F9N12O6. The van der Waals surface area contributed by atoms with Gasteiger partial charge in [0.15, 0.2) is 0 Å². The van der Waals surface area contributed by atoms with E-state index < -0.39 is 19.1 Å². The van der Waals surface area contributed by atoms with E-state index in [2.05, 4.69) is 57.2 Å². The Morgan fingerprint density at radius 3 is 1.27 bits per heavy atom. The maximum Gasteiger partial charge on any atom is 0.573 e. The largest absolute Gasteiger partial charge is 0.573 e. The summed E-state index contributed by atoms with van der Waals surface area (Å²) >= 11 is 0. The quantitative estimate of drug-likeness (QED) is 0.0878. The lowest BCUT2D eigenvalue weighted by Crippen LogP contribution is -2.32. The molecule has 0 saturated carbocycles. The molecule has 0 aliphatic carbocycles.